The Labute approximate surface area is 162 Å². The van der Waals surface area contributed by atoms with Crippen molar-refractivity contribution in [3.8, 4) is 11.3 Å². The van der Waals surface area contributed by atoms with Crippen LogP contribution in [0.15, 0.2) is 18.2 Å². The van der Waals surface area contributed by atoms with Gasteiger partial charge in [0.1, 0.15) is 5.69 Å². The molecule has 1 aromatic heterocycles. The molecule has 2 rings (SSSR count). The van der Waals surface area contributed by atoms with Crippen molar-refractivity contribution in [2.24, 2.45) is 0 Å². The summed E-state index contributed by atoms with van der Waals surface area (Å²) in [6.45, 7) is -0.540. The van der Waals surface area contributed by atoms with E-state index in [1.165, 1.54) is 0 Å². The number of alkyl halides is 9. The van der Waals surface area contributed by atoms with Gasteiger partial charge in [0, 0.05) is 5.56 Å². The third-order valence-corrected chi connectivity index (χ3v) is 3.48. The smallest absolute Gasteiger partial charge is 0.382 e. The van der Waals surface area contributed by atoms with Crippen LogP contribution in [0.1, 0.15) is 11.1 Å². The van der Waals surface area contributed by atoms with E-state index >= 15 is 0 Å². The molecular weight excluding hydrogens is 447 g/mol. The number of benzene rings is 1. The van der Waals surface area contributed by atoms with E-state index in [0.29, 0.717) is 16.8 Å². The molecule has 27 heavy (non-hydrogen) atoms. The Hall–Kier alpha value is -1.72. The van der Waals surface area contributed by atoms with Gasteiger partial charge >= 0.3 is 12.4 Å². The van der Waals surface area contributed by atoms with Crippen molar-refractivity contribution >= 4 is 40.6 Å². The monoisotopic (exact) mass is 453 g/mol. The van der Waals surface area contributed by atoms with E-state index < -0.39 is 56.5 Å². The number of anilines is 1. The molecule has 0 aliphatic rings. The van der Waals surface area contributed by atoms with E-state index in [4.69, 9.17) is 45.9 Å². The average Bonchev–Trinajstić information content (AvgIpc) is 2.46. The van der Waals surface area contributed by atoms with Gasteiger partial charge in [-0.25, -0.2) is 4.68 Å². The van der Waals surface area contributed by atoms with Gasteiger partial charge in [-0.3, -0.25) is 5.41 Å². The highest BCUT2D eigenvalue weighted by Gasteiger charge is 2.37. The average molecular weight is 455 g/mol. The van der Waals surface area contributed by atoms with Crippen molar-refractivity contribution in [2.45, 2.75) is 22.7 Å². The van der Waals surface area contributed by atoms with Crippen LogP contribution < -0.4 is 11.4 Å². The minimum absolute atomic E-state index is 0.0403. The topological polar surface area (TPSA) is 80.6 Å². The number of aromatic nitrogens is 3. The van der Waals surface area contributed by atoms with E-state index in [1.54, 1.807) is 0 Å². The van der Waals surface area contributed by atoms with E-state index in [-0.39, 0.29) is 6.07 Å². The Morgan fingerprint density at radius 2 is 1.44 bits per heavy atom. The standard InChI is InChI=1S/C13H8Cl3F6N5/c14-11(15,16)4-27-10(24)25-9(23)8(26-27)5-1-6(12(17,18)19)3-7(2-5)13(20,21)22/h1-3H,4H2,(H3,23,24,25). The van der Waals surface area contributed by atoms with Gasteiger partial charge in [0.15, 0.2) is 5.82 Å². The maximum absolute atomic E-state index is 13.0. The van der Waals surface area contributed by atoms with Gasteiger partial charge < -0.3 is 5.73 Å². The number of nitrogens with one attached hydrogen (secondary N) is 1. The van der Waals surface area contributed by atoms with Crippen molar-refractivity contribution in [2.75, 3.05) is 5.73 Å². The Morgan fingerprint density at radius 3 is 1.85 bits per heavy atom. The first-order valence-corrected chi connectivity index (χ1v) is 7.87. The summed E-state index contributed by atoms with van der Waals surface area (Å²) >= 11 is 16.7. The summed E-state index contributed by atoms with van der Waals surface area (Å²) in [5.41, 5.74) is 0.671. The predicted octanol–water partition coefficient (Wildman–Crippen LogP) is 4.41. The van der Waals surface area contributed by atoms with Crippen molar-refractivity contribution in [3.63, 3.8) is 0 Å². The molecule has 0 spiro atoms. The second-order valence-corrected chi connectivity index (χ2v) is 7.75. The molecule has 14 heteroatoms. The third kappa shape index (κ3) is 5.39. The van der Waals surface area contributed by atoms with Crippen LogP contribution in [0.25, 0.3) is 11.3 Å². The van der Waals surface area contributed by atoms with Crippen LogP contribution in [0.2, 0.25) is 0 Å². The van der Waals surface area contributed by atoms with Crippen LogP contribution in [-0.2, 0) is 18.9 Å². The Kier molecular flexibility index (Phi) is 5.61. The molecule has 0 aliphatic heterocycles. The highest BCUT2D eigenvalue weighted by molar-refractivity contribution is 6.67. The van der Waals surface area contributed by atoms with Crippen LogP contribution >= 0.6 is 34.8 Å². The summed E-state index contributed by atoms with van der Waals surface area (Å²) in [5, 5.41) is 11.3. The van der Waals surface area contributed by atoms with Crippen LogP contribution in [0.4, 0.5) is 32.2 Å². The van der Waals surface area contributed by atoms with Gasteiger partial charge in [0.25, 0.3) is 0 Å². The lowest BCUT2D eigenvalue weighted by molar-refractivity contribution is -0.143. The highest BCUT2D eigenvalue weighted by Crippen LogP contribution is 2.39. The number of nitrogens with zero attached hydrogens (tertiary/aromatic N) is 3. The van der Waals surface area contributed by atoms with Crippen molar-refractivity contribution in [1.82, 2.24) is 14.8 Å². The molecule has 0 saturated carbocycles. The van der Waals surface area contributed by atoms with Crippen LogP contribution in [0, 0.1) is 5.41 Å². The largest absolute Gasteiger partial charge is 0.416 e. The number of nitrogen functional groups attached to an aromatic ring is 1. The van der Waals surface area contributed by atoms with Gasteiger partial charge in [-0.05, 0) is 18.2 Å². The van der Waals surface area contributed by atoms with E-state index in [1.807, 2.05) is 0 Å². The summed E-state index contributed by atoms with van der Waals surface area (Å²) in [6.07, 6.45) is -10.1. The molecule has 0 bridgehead atoms. The van der Waals surface area contributed by atoms with Crippen molar-refractivity contribution in [3.05, 3.63) is 34.9 Å². The summed E-state index contributed by atoms with van der Waals surface area (Å²) in [7, 11) is 0. The Balaban J connectivity index is 2.73. The molecule has 0 atom stereocenters. The highest BCUT2D eigenvalue weighted by atomic mass is 35.6. The molecule has 3 N–H and O–H groups in total. The van der Waals surface area contributed by atoms with Crippen LogP contribution in [-0.4, -0.2) is 18.6 Å². The van der Waals surface area contributed by atoms with Crippen LogP contribution in [0.5, 0.6) is 0 Å². The Morgan fingerprint density at radius 1 is 0.963 bits per heavy atom. The lowest BCUT2D eigenvalue weighted by Crippen LogP contribution is -2.32. The fourth-order valence-electron chi connectivity index (χ4n) is 2.02. The maximum atomic E-state index is 13.0. The lowest BCUT2D eigenvalue weighted by Gasteiger charge is -2.16. The normalized spacial score (nSPS) is 13.1. The van der Waals surface area contributed by atoms with Gasteiger partial charge in [0.05, 0.1) is 17.7 Å². The zero-order valence-corrected chi connectivity index (χ0v) is 15.0. The van der Waals surface area contributed by atoms with Gasteiger partial charge in [0.2, 0.25) is 9.41 Å². The minimum Gasteiger partial charge on any atom is -0.382 e. The lowest BCUT2D eigenvalue weighted by atomic mass is 10.0. The quantitative estimate of drug-likeness (QED) is 0.521. The van der Waals surface area contributed by atoms with Crippen LogP contribution in [0.3, 0.4) is 0 Å². The van der Waals surface area contributed by atoms with E-state index in [9.17, 15) is 26.3 Å². The second kappa shape index (κ2) is 7.02. The number of halogens is 9. The fraction of sp³-hybridized carbons (Fsp3) is 0.308. The molecule has 148 valence electrons. The molecule has 0 amide bonds. The SMILES string of the molecule is N=c1nc(N)c(-c2cc(C(F)(F)F)cc(C(F)(F)F)c2)nn1CC(Cl)(Cl)Cl. The molecule has 0 aliphatic carbocycles. The number of hydrogen-bond donors (Lipinski definition) is 2. The Bertz CT molecular complexity index is 884. The molecule has 1 aromatic carbocycles. The molecular formula is C13H8Cl3F6N5. The van der Waals surface area contributed by atoms with Crippen molar-refractivity contribution in [1.29, 1.82) is 5.41 Å². The van der Waals surface area contributed by atoms with Gasteiger partial charge in [-0.2, -0.15) is 36.4 Å². The zero-order valence-electron chi connectivity index (χ0n) is 12.8. The second-order valence-electron chi connectivity index (χ2n) is 5.24. The first-order chi connectivity index (χ1) is 12.1. The van der Waals surface area contributed by atoms with E-state index in [2.05, 4.69) is 10.1 Å². The van der Waals surface area contributed by atoms with Gasteiger partial charge in [-0.15, -0.1) is 0 Å². The predicted molar refractivity (Wildman–Crippen MR) is 86.0 cm³/mol. The summed E-state index contributed by atoms with van der Waals surface area (Å²) < 4.78 is 76.7. The minimum atomic E-state index is -5.05. The molecule has 1 heterocycles. The van der Waals surface area contributed by atoms with Crippen molar-refractivity contribution < 1.29 is 26.3 Å². The van der Waals surface area contributed by atoms with Gasteiger partial charge in [-0.1, -0.05) is 34.8 Å². The summed E-state index contributed by atoms with van der Waals surface area (Å²) in [5.74, 6) is -0.562. The number of nitrogens with two attached hydrogens (primary N) is 1. The first-order valence-electron chi connectivity index (χ1n) is 6.74. The summed E-state index contributed by atoms with van der Waals surface area (Å²) in [4.78, 5) is 3.52. The maximum Gasteiger partial charge on any atom is 0.416 e. The molecule has 2 aromatic rings. The fourth-order valence-corrected chi connectivity index (χ4v) is 2.36. The number of hydrogen-bond acceptors (Lipinski definition) is 4. The molecule has 0 radical (unpaired) electrons. The molecule has 5 nitrogen and oxygen atoms in total. The number of rotatable bonds is 2. The third-order valence-electron chi connectivity index (χ3n) is 3.12. The first kappa shape index (κ1) is 21.6. The van der Waals surface area contributed by atoms with E-state index in [0.717, 1.165) is 0 Å². The molecule has 0 unspecified atom stereocenters. The molecule has 0 saturated heterocycles. The summed E-state index contributed by atoms with van der Waals surface area (Å²) in [6, 6.07) is 0.819. The zero-order chi connectivity index (χ0) is 20.8. The molecule has 0 fully saturated rings.